The van der Waals surface area contributed by atoms with Crippen LogP contribution >= 0.6 is 12.4 Å². The third kappa shape index (κ3) is 10.0. The van der Waals surface area contributed by atoms with Gasteiger partial charge in [0.1, 0.15) is 11.5 Å². The number of allylic oxidation sites excluding steroid dienone is 2. The summed E-state index contributed by atoms with van der Waals surface area (Å²) in [4.78, 5) is 5.24. The minimum atomic E-state index is 0. The van der Waals surface area contributed by atoms with E-state index in [-0.39, 0.29) is 12.4 Å². The fourth-order valence-corrected chi connectivity index (χ4v) is 6.58. The number of likely N-dealkylation sites (tertiary alicyclic amines) is 2. The van der Waals surface area contributed by atoms with Crippen LogP contribution in [-0.2, 0) is 0 Å². The fourth-order valence-electron chi connectivity index (χ4n) is 6.58. The molecule has 4 nitrogen and oxygen atoms in total. The van der Waals surface area contributed by atoms with Crippen molar-refractivity contribution in [1.29, 1.82) is 0 Å². The second-order valence-corrected chi connectivity index (χ2v) is 11.9. The van der Waals surface area contributed by atoms with Gasteiger partial charge in [-0.1, -0.05) is 51.0 Å². The van der Waals surface area contributed by atoms with Gasteiger partial charge in [0, 0.05) is 25.2 Å². The van der Waals surface area contributed by atoms with Crippen molar-refractivity contribution < 1.29 is 9.47 Å². The molecule has 2 heterocycles. The van der Waals surface area contributed by atoms with Gasteiger partial charge in [0.15, 0.2) is 0 Å². The molecule has 2 aromatic carbocycles. The Bertz CT molecular complexity index is 953. The molecule has 0 amide bonds. The van der Waals surface area contributed by atoms with Crippen LogP contribution in [0.1, 0.15) is 103 Å². The molecule has 0 aromatic heterocycles. The van der Waals surface area contributed by atoms with E-state index in [1.54, 1.807) is 0 Å². The molecule has 2 saturated heterocycles. The number of nitrogens with zero attached hydrogens (tertiary/aromatic N) is 2. The van der Waals surface area contributed by atoms with Crippen LogP contribution in [0, 0.1) is 0 Å². The smallest absolute Gasteiger partial charge is 0.119 e. The lowest BCUT2D eigenvalue weighted by atomic mass is 9.91. The molecule has 228 valence electrons. The Kier molecular flexibility index (Phi) is 14.6. The Hall–Kier alpha value is -2.01. The molecule has 0 saturated carbocycles. The summed E-state index contributed by atoms with van der Waals surface area (Å²) in [5.41, 5.74) is 5.41. The Balaban J connectivity index is 0.00000462. The standard InChI is InChI=1S/C36H54N2O2.ClH/c1-5-35(31-15-19-33(20-16-31)39-27-11-25-37-23-9-7-13-29(37)3)36(6-2)32-17-21-34(22-18-32)40-28-12-26-38-24-10-8-14-30(38)4;/h15-22,29-30H,5-14,23-28H2,1-4H3;1H/b36-35-;. The maximum absolute atomic E-state index is 6.11. The van der Waals surface area contributed by atoms with Crippen LogP contribution in [0.4, 0.5) is 0 Å². The van der Waals surface area contributed by atoms with E-state index in [1.165, 1.54) is 73.9 Å². The number of hydrogen-bond donors (Lipinski definition) is 0. The van der Waals surface area contributed by atoms with E-state index in [2.05, 4.69) is 86.0 Å². The summed E-state index contributed by atoms with van der Waals surface area (Å²) in [5.74, 6) is 1.94. The molecule has 0 radical (unpaired) electrons. The largest absolute Gasteiger partial charge is 0.494 e. The normalized spacial score (nSPS) is 20.7. The first-order valence-electron chi connectivity index (χ1n) is 16.3. The van der Waals surface area contributed by atoms with E-state index in [0.717, 1.165) is 75.6 Å². The Labute approximate surface area is 256 Å². The molecule has 2 atom stereocenters. The number of ether oxygens (including phenoxy) is 2. The summed E-state index contributed by atoms with van der Waals surface area (Å²) in [6, 6.07) is 19.0. The Morgan fingerprint density at radius 1 is 0.634 bits per heavy atom. The lowest BCUT2D eigenvalue weighted by Crippen LogP contribution is -2.38. The SMILES string of the molecule is CC/C(=C(\CC)c1ccc(OCCCN2CCCCC2C)cc1)c1ccc(OCCCN2CCCCC2C)cc1.Cl. The summed E-state index contributed by atoms with van der Waals surface area (Å²) < 4.78 is 12.2. The first-order valence-corrected chi connectivity index (χ1v) is 16.3. The van der Waals surface area contributed by atoms with Crippen molar-refractivity contribution in [2.45, 2.75) is 104 Å². The van der Waals surface area contributed by atoms with Gasteiger partial charge in [-0.2, -0.15) is 0 Å². The number of hydrogen-bond acceptors (Lipinski definition) is 4. The fraction of sp³-hybridized carbons (Fsp3) is 0.611. The van der Waals surface area contributed by atoms with E-state index in [9.17, 15) is 0 Å². The van der Waals surface area contributed by atoms with Gasteiger partial charge in [0.05, 0.1) is 13.2 Å². The zero-order chi connectivity index (χ0) is 28.2. The van der Waals surface area contributed by atoms with Crippen LogP contribution in [0.2, 0.25) is 0 Å². The molecule has 2 unspecified atom stereocenters. The minimum absolute atomic E-state index is 0. The molecule has 41 heavy (non-hydrogen) atoms. The molecule has 0 spiro atoms. The molecule has 5 heteroatoms. The predicted octanol–water partition coefficient (Wildman–Crippen LogP) is 9.13. The Morgan fingerprint density at radius 3 is 1.37 bits per heavy atom. The van der Waals surface area contributed by atoms with Crippen LogP contribution in [0.5, 0.6) is 11.5 Å². The van der Waals surface area contributed by atoms with Crippen molar-refractivity contribution in [1.82, 2.24) is 9.80 Å². The number of piperidine rings is 2. The van der Waals surface area contributed by atoms with Crippen molar-refractivity contribution in [3.05, 3.63) is 59.7 Å². The molecular weight excluding hydrogens is 528 g/mol. The average Bonchev–Trinajstić information content (AvgIpc) is 2.99. The first-order chi connectivity index (χ1) is 19.6. The zero-order valence-electron chi connectivity index (χ0n) is 26.2. The second kappa shape index (κ2) is 17.8. The highest BCUT2D eigenvalue weighted by molar-refractivity contribution is 5.90. The predicted molar refractivity (Wildman–Crippen MR) is 178 cm³/mol. The minimum Gasteiger partial charge on any atom is -0.494 e. The van der Waals surface area contributed by atoms with Crippen LogP contribution in [0.3, 0.4) is 0 Å². The van der Waals surface area contributed by atoms with Gasteiger partial charge in [-0.05, 0) is 125 Å². The average molecular weight is 583 g/mol. The van der Waals surface area contributed by atoms with Gasteiger partial charge < -0.3 is 19.3 Å². The molecule has 2 aliphatic heterocycles. The second-order valence-electron chi connectivity index (χ2n) is 11.9. The highest BCUT2D eigenvalue weighted by Crippen LogP contribution is 2.33. The molecule has 0 bridgehead atoms. The summed E-state index contributed by atoms with van der Waals surface area (Å²) in [7, 11) is 0. The van der Waals surface area contributed by atoms with Gasteiger partial charge in [0.2, 0.25) is 0 Å². The highest BCUT2D eigenvalue weighted by atomic mass is 35.5. The van der Waals surface area contributed by atoms with Crippen LogP contribution in [0.15, 0.2) is 48.5 Å². The van der Waals surface area contributed by atoms with Crippen LogP contribution < -0.4 is 9.47 Å². The van der Waals surface area contributed by atoms with E-state index >= 15 is 0 Å². The van der Waals surface area contributed by atoms with Crippen molar-refractivity contribution >= 4 is 23.6 Å². The quantitative estimate of drug-likeness (QED) is 0.164. The van der Waals surface area contributed by atoms with Gasteiger partial charge in [-0.25, -0.2) is 0 Å². The van der Waals surface area contributed by atoms with Crippen LogP contribution in [-0.4, -0.2) is 61.3 Å². The van der Waals surface area contributed by atoms with Gasteiger partial charge >= 0.3 is 0 Å². The molecule has 2 fully saturated rings. The molecule has 0 aliphatic carbocycles. The molecule has 4 rings (SSSR count). The third-order valence-electron chi connectivity index (χ3n) is 9.07. The van der Waals surface area contributed by atoms with E-state index in [0.29, 0.717) is 0 Å². The summed E-state index contributed by atoms with van der Waals surface area (Å²) in [6.07, 6.45) is 12.3. The Morgan fingerprint density at radius 2 is 1.02 bits per heavy atom. The van der Waals surface area contributed by atoms with Gasteiger partial charge in [-0.3, -0.25) is 0 Å². The van der Waals surface area contributed by atoms with Crippen molar-refractivity contribution in [2.24, 2.45) is 0 Å². The summed E-state index contributed by atoms with van der Waals surface area (Å²) in [6.45, 7) is 15.6. The lowest BCUT2D eigenvalue weighted by molar-refractivity contribution is 0.148. The number of benzene rings is 2. The summed E-state index contributed by atoms with van der Waals surface area (Å²) in [5, 5.41) is 0. The van der Waals surface area contributed by atoms with Crippen molar-refractivity contribution in [3.63, 3.8) is 0 Å². The molecule has 2 aromatic rings. The summed E-state index contributed by atoms with van der Waals surface area (Å²) >= 11 is 0. The highest BCUT2D eigenvalue weighted by Gasteiger charge is 2.18. The molecular formula is C36H55ClN2O2. The van der Waals surface area contributed by atoms with Crippen LogP contribution in [0.25, 0.3) is 11.1 Å². The third-order valence-corrected chi connectivity index (χ3v) is 9.07. The maximum atomic E-state index is 6.11. The number of halogens is 1. The van der Waals surface area contributed by atoms with Crippen molar-refractivity contribution in [3.8, 4) is 11.5 Å². The zero-order valence-corrected chi connectivity index (χ0v) is 27.0. The molecule has 0 N–H and O–H groups in total. The van der Waals surface area contributed by atoms with E-state index < -0.39 is 0 Å². The molecule has 2 aliphatic rings. The maximum Gasteiger partial charge on any atom is 0.119 e. The first kappa shape index (κ1) is 33.5. The van der Waals surface area contributed by atoms with Gasteiger partial charge in [-0.15, -0.1) is 12.4 Å². The number of rotatable bonds is 14. The monoisotopic (exact) mass is 582 g/mol. The van der Waals surface area contributed by atoms with E-state index in [1.807, 2.05) is 0 Å². The topological polar surface area (TPSA) is 24.9 Å². The van der Waals surface area contributed by atoms with Gasteiger partial charge in [0.25, 0.3) is 0 Å². The lowest BCUT2D eigenvalue weighted by Gasteiger charge is -2.33. The van der Waals surface area contributed by atoms with E-state index in [4.69, 9.17) is 9.47 Å². The van der Waals surface area contributed by atoms with Crippen molar-refractivity contribution in [2.75, 3.05) is 39.4 Å².